The second kappa shape index (κ2) is 5.14. The lowest BCUT2D eigenvalue weighted by Gasteiger charge is -2.32. The molecular formula is C16H22BN3O2. The summed E-state index contributed by atoms with van der Waals surface area (Å²) in [7, 11) is -0.322. The molecule has 0 radical (unpaired) electrons. The largest absolute Gasteiger partial charge is 0.494 e. The maximum Gasteiger partial charge on any atom is 0.494 e. The number of imidazole rings is 1. The molecule has 0 bridgehead atoms. The summed E-state index contributed by atoms with van der Waals surface area (Å²) in [4.78, 5) is 4.03. The molecule has 0 aliphatic carbocycles. The monoisotopic (exact) mass is 299 g/mol. The molecule has 0 atom stereocenters. The Morgan fingerprint density at radius 3 is 2.18 bits per heavy atom. The number of hydrogen-bond donors (Lipinski definition) is 1. The molecule has 1 aliphatic rings. The lowest BCUT2D eigenvalue weighted by atomic mass is 9.79. The van der Waals surface area contributed by atoms with E-state index in [-0.39, 0.29) is 18.3 Å². The van der Waals surface area contributed by atoms with E-state index in [1.807, 2.05) is 22.9 Å². The predicted molar refractivity (Wildman–Crippen MR) is 87.9 cm³/mol. The molecule has 0 unspecified atom stereocenters. The summed E-state index contributed by atoms with van der Waals surface area (Å²) in [5.41, 5.74) is 7.34. The summed E-state index contributed by atoms with van der Waals surface area (Å²) in [6.07, 6.45) is 3.57. The van der Waals surface area contributed by atoms with E-state index in [0.29, 0.717) is 12.5 Å². The fourth-order valence-corrected chi connectivity index (χ4v) is 2.43. The van der Waals surface area contributed by atoms with Crippen LogP contribution in [0.4, 0.5) is 5.95 Å². The third-order valence-electron chi connectivity index (χ3n) is 4.61. The van der Waals surface area contributed by atoms with Gasteiger partial charge in [-0.2, -0.15) is 0 Å². The molecule has 3 rings (SSSR count). The van der Waals surface area contributed by atoms with E-state index in [9.17, 15) is 0 Å². The molecule has 6 heteroatoms. The van der Waals surface area contributed by atoms with Gasteiger partial charge in [-0.1, -0.05) is 24.3 Å². The van der Waals surface area contributed by atoms with E-state index in [2.05, 4.69) is 44.8 Å². The number of benzene rings is 1. The molecule has 1 aromatic heterocycles. The van der Waals surface area contributed by atoms with Crippen LogP contribution >= 0.6 is 0 Å². The van der Waals surface area contributed by atoms with Gasteiger partial charge in [0.2, 0.25) is 0 Å². The normalized spacial score (nSPS) is 19.5. The molecule has 116 valence electrons. The Kier molecular flexibility index (Phi) is 3.53. The maximum absolute atomic E-state index is 6.06. The number of hydrogen-bond acceptors (Lipinski definition) is 4. The molecule has 1 aliphatic heterocycles. The van der Waals surface area contributed by atoms with Crippen molar-refractivity contribution in [1.82, 2.24) is 9.55 Å². The first-order chi connectivity index (χ1) is 10.3. The van der Waals surface area contributed by atoms with Crippen LogP contribution in [0.1, 0.15) is 33.3 Å². The van der Waals surface area contributed by atoms with Crippen molar-refractivity contribution in [1.29, 1.82) is 0 Å². The molecule has 1 saturated heterocycles. The Morgan fingerprint density at radius 2 is 1.68 bits per heavy atom. The standard InChI is InChI=1S/C16H22BN3O2/c1-15(2)16(3,4)22-17(21-15)13-7-5-12(6-8-13)11-20-10-9-19-14(20)18/h5-10H,11H2,1-4H3,(H2,18,19). The number of aromatic nitrogens is 2. The molecule has 0 amide bonds. The van der Waals surface area contributed by atoms with Crippen molar-refractivity contribution in [3.8, 4) is 0 Å². The highest BCUT2D eigenvalue weighted by Gasteiger charge is 2.51. The lowest BCUT2D eigenvalue weighted by Crippen LogP contribution is -2.41. The topological polar surface area (TPSA) is 62.3 Å². The first-order valence-corrected chi connectivity index (χ1v) is 7.50. The van der Waals surface area contributed by atoms with E-state index in [1.54, 1.807) is 6.20 Å². The van der Waals surface area contributed by atoms with Crippen LogP contribution in [0.25, 0.3) is 0 Å². The minimum Gasteiger partial charge on any atom is -0.399 e. The second-order valence-corrected chi connectivity index (χ2v) is 6.74. The highest BCUT2D eigenvalue weighted by atomic mass is 16.7. The van der Waals surface area contributed by atoms with E-state index >= 15 is 0 Å². The van der Waals surface area contributed by atoms with Crippen LogP contribution in [0.3, 0.4) is 0 Å². The van der Waals surface area contributed by atoms with E-state index in [4.69, 9.17) is 15.0 Å². The molecule has 2 aromatic rings. The van der Waals surface area contributed by atoms with Gasteiger partial charge in [0.25, 0.3) is 0 Å². The Bertz CT molecular complexity index is 648. The summed E-state index contributed by atoms with van der Waals surface area (Å²) >= 11 is 0. The van der Waals surface area contributed by atoms with Gasteiger partial charge < -0.3 is 19.6 Å². The minimum absolute atomic E-state index is 0.318. The van der Waals surface area contributed by atoms with Crippen molar-refractivity contribution in [3.05, 3.63) is 42.2 Å². The second-order valence-electron chi connectivity index (χ2n) is 6.74. The molecule has 2 heterocycles. The lowest BCUT2D eigenvalue weighted by molar-refractivity contribution is 0.00578. The average molecular weight is 299 g/mol. The molecule has 22 heavy (non-hydrogen) atoms. The average Bonchev–Trinajstić information content (AvgIpc) is 2.92. The van der Waals surface area contributed by atoms with Crippen molar-refractivity contribution in [3.63, 3.8) is 0 Å². The first kappa shape index (κ1) is 15.1. The van der Waals surface area contributed by atoms with Crippen LogP contribution < -0.4 is 11.2 Å². The molecule has 5 nitrogen and oxygen atoms in total. The van der Waals surface area contributed by atoms with Gasteiger partial charge in [0.1, 0.15) is 0 Å². The van der Waals surface area contributed by atoms with Gasteiger partial charge in [-0.3, -0.25) is 0 Å². The summed E-state index contributed by atoms with van der Waals surface area (Å²) in [6.45, 7) is 8.94. The quantitative estimate of drug-likeness (QED) is 0.878. The van der Waals surface area contributed by atoms with E-state index in [1.165, 1.54) is 0 Å². The van der Waals surface area contributed by atoms with Crippen molar-refractivity contribution in [2.45, 2.75) is 45.4 Å². The highest BCUT2D eigenvalue weighted by molar-refractivity contribution is 6.62. The van der Waals surface area contributed by atoms with Crippen molar-refractivity contribution < 1.29 is 9.31 Å². The van der Waals surface area contributed by atoms with Crippen molar-refractivity contribution in [2.24, 2.45) is 0 Å². The maximum atomic E-state index is 6.06. The van der Waals surface area contributed by atoms with Gasteiger partial charge in [-0.15, -0.1) is 0 Å². The number of nitrogens with two attached hydrogens (primary N) is 1. The zero-order valence-corrected chi connectivity index (χ0v) is 13.5. The van der Waals surface area contributed by atoms with E-state index in [0.717, 1.165) is 11.0 Å². The number of nitrogens with zero attached hydrogens (tertiary/aromatic N) is 2. The predicted octanol–water partition coefficient (Wildman–Crippen LogP) is 1.81. The van der Waals surface area contributed by atoms with Crippen molar-refractivity contribution in [2.75, 3.05) is 5.73 Å². The highest BCUT2D eigenvalue weighted by Crippen LogP contribution is 2.36. The zero-order valence-electron chi connectivity index (χ0n) is 13.5. The van der Waals surface area contributed by atoms with Crippen molar-refractivity contribution >= 4 is 18.5 Å². The number of rotatable bonds is 3. The fourth-order valence-electron chi connectivity index (χ4n) is 2.43. The SMILES string of the molecule is CC1(C)OB(c2ccc(Cn3ccnc3N)cc2)OC1(C)C. The summed E-state index contributed by atoms with van der Waals surface area (Å²) in [6, 6.07) is 8.23. The van der Waals surface area contributed by atoms with Crippen LogP contribution in [-0.2, 0) is 15.9 Å². The molecule has 1 fully saturated rings. The van der Waals surface area contributed by atoms with Gasteiger partial charge in [-0.25, -0.2) is 4.98 Å². The summed E-state index contributed by atoms with van der Waals surface area (Å²) in [5, 5.41) is 0. The summed E-state index contributed by atoms with van der Waals surface area (Å²) in [5.74, 6) is 0.523. The molecule has 0 saturated carbocycles. The molecule has 2 N–H and O–H groups in total. The smallest absolute Gasteiger partial charge is 0.399 e. The third kappa shape index (κ3) is 2.64. The van der Waals surface area contributed by atoms with Gasteiger partial charge in [0.15, 0.2) is 5.95 Å². The number of anilines is 1. The Labute approximate surface area is 131 Å². The summed E-state index contributed by atoms with van der Waals surface area (Å²) < 4.78 is 14.0. The fraction of sp³-hybridized carbons (Fsp3) is 0.438. The van der Waals surface area contributed by atoms with Gasteiger partial charge in [0, 0.05) is 12.4 Å². The first-order valence-electron chi connectivity index (χ1n) is 7.50. The molecular weight excluding hydrogens is 277 g/mol. The van der Waals surface area contributed by atoms with E-state index < -0.39 is 0 Å². The Hall–Kier alpha value is -1.79. The Balaban J connectivity index is 1.74. The van der Waals surface area contributed by atoms with Crippen LogP contribution in [-0.4, -0.2) is 27.9 Å². The van der Waals surface area contributed by atoms with Crippen LogP contribution in [0.5, 0.6) is 0 Å². The third-order valence-corrected chi connectivity index (χ3v) is 4.61. The molecule has 1 aromatic carbocycles. The molecule has 0 spiro atoms. The van der Waals surface area contributed by atoms with Gasteiger partial charge >= 0.3 is 7.12 Å². The van der Waals surface area contributed by atoms with Crippen LogP contribution in [0.2, 0.25) is 0 Å². The minimum atomic E-state index is -0.322. The van der Waals surface area contributed by atoms with Gasteiger partial charge in [-0.05, 0) is 38.7 Å². The van der Waals surface area contributed by atoms with Gasteiger partial charge in [0.05, 0.1) is 17.7 Å². The van der Waals surface area contributed by atoms with Crippen LogP contribution in [0.15, 0.2) is 36.7 Å². The Morgan fingerprint density at radius 1 is 1.09 bits per heavy atom. The van der Waals surface area contributed by atoms with Crippen LogP contribution in [0, 0.1) is 0 Å². The zero-order chi connectivity index (χ0) is 16.0. The number of nitrogen functional groups attached to an aromatic ring is 1.